The van der Waals surface area contributed by atoms with Gasteiger partial charge in [0.2, 0.25) is 0 Å². The van der Waals surface area contributed by atoms with Gasteiger partial charge in [-0.1, -0.05) is 91.0 Å². The van der Waals surface area contributed by atoms with E-state index in [0.29, 0.717) is 0 Å². The Balaban J connectivity index is 0.986. The summed E-state index contributed by atoms with van der Waals surface area (Å²) in [5.41, 5.74) is 13.2. The molecule has 0 radical (unpaired) electrons. The molecule has 230 valence electrons. The van der Waals surface area contributed by atoms with Crippen molar-refractivity contribution in [3.8, 4) is 11.4 Å². The zero-order valence-electron chi connectivity index (χ0n) is 26.8. The Kier molecular flexibility index (Phi) is 5.80. The predicted octanol–water partition coefficient (Wildman–Crippen LogP) is 10.2. The number of nitrogens with zero attached hydrogens (tertiary/aromatic N) is 3. The molecule has 0 bridgehead atoms. The summed E-state index contributed by atoms with van der Waals surface area (Å²) in [5, 5.41) is 7.74. The van der Waals surface area contributed by atoms with Crippen molar-refractivity contribution in [1.29, 1.82) is 0 Å². The van der Waals surface area contributed by atoms with Crippen LogP contribution in [0, 0.1) is 0 Å². The van der Waals surface area contributed by atoms with Gasteiger partial charge in [-0.25, -0.2) is 0 Å². The van der Waals surface area contributed by atoms with Crippen molar-refractivity contribution in [1.82, 2.24) is 19.4 Å². The van der Waals surface area contributed by atoms with Gasteiger partial charge in [0, 0.05) is 51.2 Å². The van der Waals surface area contributed by atoms with Gasteiger partial charge in [0.15, 0.2) is 0 Å². The molecule has 4 heterocycles. The Bertz CT molecular complexity index is 2500. The minimum Gasteiger partial charge on any atom is -0.358 e. The van der Waals surface area contributed by atoms with Gasteiger partial charge in [0.25, 0.3) is 0 Å². The van der Waals surface area contributed by atoms with Crippen LogP contribution in [0.25, 0.3) is 61.4 Å². The molecule has 1 atom stereocenters. The molecule has 1 N–H and O–H groups in total. The zero-order valence-corrected chi connectivity index (χ0v) is 26.8. The van der Waals surface area contributed by atoms with Crippen LogP contribution in [0.1, 0.15) is 35.7 Å². The highest BCUT2D eigenvalue weighted by atomic mass is 15.3. The first-order valence-electron chi connectivity index (χ1n) is 16.8. The fourth-order valence-electron chi connectivity index (χ4n) is 7.99. The van der Waals surface area contributed by atoms with E-state index in [0.717, 1.165) is 18.5 Å². The molecule has 0 fully saturated rings. The number of hydrogen-bond donors (Lipinski definition) is 1. The van der Waals surface area contributed by atoms with E-state index < -0.39 is 0 Å². The van der Waals surface area contributed by atoms with E-state index in [9.17, 15) is 0 Å². The Morgan fingerprint density at radius 3 is 2.04 bits per heavy atom. The number of allylic oxidation sites excluding steroid dienone is 3. The summed E-state index contributed by atoms with van der Waals surface area (Å²) in [7, 11) is 0. The molecule has 5 aromatic carbocycles. The van der Waals surface area contributed by atoms with Gasteiger partial charge in [0.05, 0.1) is 22.2 Å². The second-order valence-electron chi connectivity index (χ2n) is 13.3. The monoisotopic (exact) mass is 618 g/mol. The molecular formula is C44H34N4. The highest BCUT2D eigenvalue weighted by Crippen LogP contribution is 2.38. The number of nitrogens with one attached hydrogen (secondary N) is 1. The number of aryl methyl sites for hydroxylation is 1. The lowest BCUT2D eigenvalue weighted by Gasteiger charge is -2.35. The van der Waals surface area contributed by atoms with Crippen molar-refractivity contribution in [3.63, 3.8) is 0 Å². The van der Waals surface area contributed by atoms with Gasteiger partial charge < -0.3 is 19.4 Å². The standard InChI is InChI=1S/C44H34N4/c1-44-26-25-32(30-21-23-33(24-22-30)47-40-17-6-2-13-35(40)36-14-3-7-18-41(36)47)28-46(44)29-39(45-44)31-11-10-12-34(27-31)48-42-19-8-4-15-37(42)38-16-5-9-20-43(38)48/h2-4,6-15,17-29,45H,5,16H2,1H3. The summed E-state index contributed by atoms with van der Waals surface area (Å²) in [5.74, 6) is 0. The Labute approximate surface area is 279 Å². The van der Waals surface area contributed by atoms with Crippen LogP contribution in [0.5, 0.6) is 0 Å². The lowest BCUT2D eigenvalue weighted by Crippen LogP contribution is -2.46. The molecule has 0 spiro atoms. The summed E-state index contributed by atoms with van der Waals surface area (Å²) in [6.45, 7) is 2.23. The smallest absolute Gasteiger partial charge is 0.131 e. The van der Waals surface area contributed by atoms with E-state index in [1.165, 1.54) is 72.0 Å². The van der Waals surface area contributed by atoms with Crippen LogP contribution in [0.15, 0.2) is 152 Å². The molecule has 0 amide bonds. The van der Waals surface area contributed by atoms with E-state index in [4.69, 9.17) is 0 Å². The van der Waals surface area contributed by atoms with Gasteiger partial charge >= 0.3 is 0 Å². The number of aromatic nitrogens is 2. The SMILES string of the molecule is CC12C=CC(c3ccc(-n4c5ccccc5c5ccccc54)cc3)=CN1C=C(c1cccc(-n3c4c(c5ccccc53)CCC=C4)c1)N2. The maximum Gasteiger partial charge on any atom is 0.131 e. The topological polar surface area (TPSA) is 25.1 Å². The lowest BCUT2D eigenvalue weighted by molar-refractivity contribution is 0.290. The third-order valence-electron chi connectivity index (χ3n) is 10.4. The Morgan fingerprint density at radius 1 is 0.604 bits per heavy atom. The highest BCUT2D eigenvalue weighted by Gasteiger charge is 2.35. The minimum absolute atomic E-state index is 0.334. The average molecular weight is 619 g/mol. The van der Waals surface area contributed by atoms with Crippen molar-refractivity contribution in [2.45, 2.75) is 25.4 Å². The minimum atomic E-state index is -0.334. The van der Waals surface area contributed by atoms with Crippen molar-refractivity contribution >= 4 is 50.1 Å². The summed E-state index contributed by atoms with van der Waals surface area (Å²) < 4.78 is 4.79. The predicted molar refractivity (Wildman–Crippen MR) is 200 cm³/mol. The normalized spacial score (nSPS) is 18.2. The molecule has 48 heavy (non-hydrogen) atoms. The number of benzene rings is 5. The molecule has 2 aliphatic heterocycles. The highest BCUT2D eigenvalue weighted by molar-refractivity contribution is 6.09. The number of para-hydroxylation sites is 3. The first-order valence-corrected chi connectivity index (χ1v) is 16.8. The van der Waals surface area contributed by atoms with Crippen molar-refractivity contribution in [2.75, 3.05) is 0 Å². The van der Waals surface area contributed by atoms with E-state index in [-0.39, 0.29) is 5.66 Å². The molecule has 0 saturated carbocycles. The molecule has 3 aliphatic rings. The summed E-state index contributed by atoms with van der Waals surface area (Å²) >= 11 is 0. The summed E-state index contributed by atoms with van der Waals surface area (Å²) in [6.07, 6.45) is 15.8. The zero-order chi connectivity index (χ0) is 31.8. The van der Waals surface area contributed by atoms with Crippen LogP contribution in [-0.4, -0.2) is 19.7 Å². The number of rotatable bonds is 4. The maximum atomic E-state index is 3.82. The van der Waals surface area contributed by atoms with Gasteiger partial charge in [-0.3, -0.25) is 0 Å². The molecule has 0 saturated heterocycles. The molecule has 4 heteroatoms. The second kappa shape index (κ2) is 10.2. The van der Waals surface area contributed by atoms with Crippen LogP contribution in [0.4, 0.5) is 0 Å². The molecule has 2 aromatic heterocycles. The van der Waals surface area contributed by atoms with E-state index in [2.05, 4.69) is 184 Å². The molecule has 4 nitrogen and oxygen atoms in total. The van der Waals surface area contributed by atoms with Gasteiger partial charge in [0.1, 0.15) is 5.66 Å². The molecule has 10 rings (SSSR count). The summed E-state index contributed by atoms with van der Waals surface area (Å²) in [4.78, 5) is 2.31. The Morgan fingerprint density at radius 2 is 1.29 bits per heavy atom. The fourth-order valence-corrected chi connectivity index (χ4v) is 7.99. The van der Waals surface area contributed by atoms with Gasteiger partial charge in [-0.2, -0.15) is 0 Å². The van der Waals surface area contributed by atoms with Crippen molar-refractivity contribution in [3.05, 3.63) is 174 Å². The molecule has 1 unspecified atom stereocenters. The Hall–Kier alpha value is -6.00. The molecule has 7 aromatic rings. The van der Waals surface area contributed by atoms with Gasteiger partial charge in [-0.05, 0) is 91.1 Å². The third-order valence-corrected chi connectivity index (χ3v) is 10.4. The lowest BCUT2D eigenvalue weighted by atomic mass is 9.99. The first kappa shape index (κ1) is 27.1. The summed E-state index contributed by atoms with van der Waals surface area (Å²) in [6, 6.07) is 44.0. The second-order valence-corrected chi connectivity index (χ2v) is 13.3. The van der Waals surface area contributed by atoms with Crippen molar-refractivity contribution < 1.29 is 0 Å². The number of hydrogen-bond acceptors (Lipinski definition) is 2. The average Bonchev–Trinajstić information content (AvgIpc) is 3.79. The molecular weight excluding hydrogens is 585 g/mol. The quantitative estimate of drug-likeness (QED) is 0.212. The van der Waals surface area contributed by atoms with Crippen LogP contribution < -0.4 is 5.32 Å². The largest absolute Gasteiger partial charge is 0.358 e. The van der Waals surface area contributed by atoms with E-state index in [1.807, 2.05) is 0 Å². The maximum absolute atomic E-state index is 3.82. The third kappa shape index (κ3) is 4.02. The van der Waals surface area contributed by atoms with E-state index in [1.54, 1.807) is 0 Å². The number of fused-ring (bicyclic) bond motifs is 7. The van der Waals surface area contributed by atoms with Crippen molar-refractivity contribution in [2.24, 2.45) is 0 Å². The van der Waals surface area contributed by atoms with Crippen LogP contribution >= 0.6 is 0 Å². The van der Waals surface area contributed by atoms with Gasteiger partial charge in [-0.15, -0.1) is 0 Å². The van der Waals surface area contributed by atoms with Crippen LogP contribution in [0.3, 0.4) is 0 Å². The first-order chi connectivity index (χ1) is 23.6. The van der Waals surface area contributed by atoms with Crippen LogP contribution in [-0.2, 0) is 6.42 Å². The van der Waals surface area contributed by atoms with Crippen LogP contribution in [0.2, 0.25) is 0 Å². The fraction of sp³-hybridized carbons (Fsp3) is 0.0909. The molecule has 1 aliphatic carbocycles. The van der Waals surface area contributed by atoms with E-state index >= 15 is 0 Å².